The molecule has 1 heterocycles. The van der Waals surface area contributed by atoms with Gasteiger partial charge in [0.25, 0.3) is 0 Å². The van der Waals surface area contributed by atoms with Crippen LogP contribution in [0.1, 0.15) is 38.2 Å². The lowest BCUT2D eigenvalue weighted by Crippen LogP contribution is -2.51. The Kier molecular flexibility index (Phi) is 4.20. The summed E-state index contributed by atoms with van der Waals surface area (Å²) in [6.45, 7) is 2.64. The van der Waals surface area contributed by atoms with E-state index in [1.54, 1.807) is 18.2 Å². The van der Waals surface area contributed by atoms with Crippen LogP contribution < -0.4 is 4.90 Å². The second-order valence-electron chi connectivity index (χ2n) is 5.12. The zero-order chi connectivity index (χ0) is 14.8. The Bertz CT molecular complexity index is 567. The molecule has 0 spiro atoms. The van der Waals surface area contributed by atoms with Gasteiger partial charge in [-0.15, -0.1) is 0 Å². The number of carbonyl (C=O) groups is 1. The van der Waals surface area contributed by atoms with Gasteiger partial charge in [-0.3, -0.25) is 0 Å². The number of halogens is 1. The number of rotatable bonds is 4. The Morgan fingerprint density at radius 1 is 1.60 bits per heavy atom. The average Bonchev–Trinajstić information content (AvgIpc) is 2.84. The van der Waals surface area contributed by atoms with Crippen LogP contribution in [-0.4, -0.2) is 23.2 Å². The molecule has 5 heteroatoms. The molecule has 0 bridgehead atoms. The first kappa shape index (κ1) is 14.7. The third-order valence-electron chi connectivity index (χ3n) is 3.92. The van der Waals surface area contributed by atoms with Crippen molar-refractivity contribution in [2.75, 3.05) is 11.4 Å². The summed E-state index contributed by atoms with van der Waals surface area (Å²) in [4.78, 5) is 13.7. The first-order valence-corrected chi connectivity index (χ1v) is 7.13. The summed E-state index contributed by atoms with van der Waals surface area (Å²) in [5.41, 5.74) is 0.208. The predicted octanol–water partition coefficient (Wildman–Crippen LogP) is 3.44. The minimum atomic E-state index is -0.895. The summed E-state index contributed by atoms with van der Waals surface area (Å²) in [7, 11) is 0. The van der Waals surface area contributed by atoms with E-state index >= 15 is 0 Å². The molecular weight excluding hydrogens is 276 g/mol. The molecule has 1 aromatic carbocycles. The molecule has 1 aliphatic rings. The number of anilines is 1. The standard InChI is InChI=1S/C15H17ClN2O2/c1-2-6-15(14(19)20)7-3-8-18(15)13-5-4-12(16)9-11(13)10-17/h4-5,9H,2-3,6-8H2,1H3,(H,19,20). The third kappa shape index (κ3) is 2.34. The van der Waals surface area contributed by atoms with E-state index in [0.717, 1.165) is 12.8 Å². The molecule has 2 rings (SSSR count). The molecule has 1 N–H and O–H groups in total. The van der Waals surface area contributed by atoms with Crippen LogP contribution >= 0.6 is 11.6 Å². The van der Waals surface area contributed by atoms with E-state index in [-0.39, 0.29) is 0 Å². The molecule has 0 amide bonds. The molecule has 0 aliphatic carbocycles. The van der Waals surface area contributed by atoms with Crippen molar-refractivity contribution < 1.29 is 9.90 Å². The quantitative estimate of drug-likeness (QED) is 0.923. The fourth-order valence-corrected chi connectivity index (χ4v) is 3.24. The Morgan fingerprint density at radius 3 is 2.95 bits per heavy atom. The molecule has 0 saturated carbocycles. The summed E-state index contributed by atoms with van der Waals surface area (Å²) < 4.78 is 0. The smallest absolute Gasteiger partial charge is 0.329 e. The Balaban J connectivity index is 2.50. The van der Waals surface area contributed by atoms with Crippen molar-refractivity contribution in [1.82, 2.24) is 0 Å². The monoisotopic (exact) mass is 292 g/mol. The molecule has 1 aliphatic heterocycles. The number of carboxylic acid groups (broad SMARTS) is 1. The Labute approximate surface area is 123 Å². The van der Waals surface area contributed by atoms with Crippen molar-refractivity contribution in [3.05, 3.63) is 28.8 Å². The average molecular weight is 293 g/mol. The molecule has 106 valence electrons. The highest BCUT2D eigenvalue weighted by Crippen LogP contribution is 2.39. The maximum atomic E-state index is 11.8. The van der Waals surface area contributed by atoms with Crippen molar-refractivity contribution in [2.45, 2.75) is 38.1 Å². The maximum Gasteiger partial charge on any atom is 0.329 e. The summed E-state index contributed by atoms with van der Waals surface area (Å²) in [6.07, 6.45) is 2.80. The number of nitrogens with zero attached hydrogens (tertiary/aromatic N) is 2. The zero-order valence-corrected chi connectivity index (χ0v) is 12.2. The van der Waals surface area contributed by atoms with Gasteiger partial charge in [0.2, 0.25) is 0 Å². The fourth-order valence-electron chi connectivity index (χ4n) is 3.07. The Morgan fingerprint density at radius 2 is 2.35 bits per heavy atom. The van der Waals surface area contributed by atoms with Crippen LogP contribution in [0, 0.1) is 11.3 Å². The molecule has 0 radical (unpaired) electrons. The SMILES string of the molecule is CCCC1(C(=O)O)CCCN1c1ccc(Cl)cc1C#N. The Hall–Kier alpha value is -1.73. The van der Waals surface area contributed by atoms with Crippen molar-refractivity contribution in [1.29, 1.82) is 5.26 Å². The molecule has 1 saturated heterocycles. The summed E-state index contributed by atoms with van der Waals surface area (Å²) in [5, 5.41) is 19.4. The normalized spacial score (nSPS) is 21.8. The van der Waals surface area contributed by atoms with Crippen LogP contribution in [0.3, 0.4) is 0 Å². The van der Waals surface area contributed by atoms with Gasteiger partial charge in [-0.2, -0.15) is 5.26 Å². The number of nitriles is 1. The van der Waals surface area contributed by atoms with Gasteiger partial charge in [-0.1, -0.05) is 24.9 Å². The van der Waals surface area contributed by atoms with E-state index in [0.29, 0.717) is 35.7 Å². The van der Waals surface area contributed by atoms with E-state index < -0.39 is 11.5 Å². The van der Waals surface area contributed by atoms with Crippen molar-refractivity contribution >= 4 is 23.3 Å². The lowest BCUT2D eigenvalue weighted by molar-refractivity contribution is -0.143. The number of aliphatic carboxylic acids is 1. The lowest BCUT2D eigenvalue weighted by Gasteiger charge is -2.36. The summed E-state index contributed by atoms with van der Waals surface area (Å²) >= 11 is 5.91. The van der Waals surface area contributed by atoms with Gasteiger partial charge in [-0.25, -0.2) is 4.79 Å². The van der Waals surface area contributed by atoms with Crippen molar-refractivity contribution in [3.8, 4) is 6.07 Å². The molecule has 0 aromatic heterocycles. The molecule has 1 aromatic rings. The largest absolute Gasteiger partial charge is 0.479 e. The van der Waals surface area contributed by atoms with E-state index in [2.05, 4.69) is 6.07 Å². The van der Waals surface area contributed by atoms with Crippen LogP contribution in [0.15, 0.2) is 18.2 Å². The van der Waals surface area contributed by atoms with Gasteiger partial charge in [0.1, 0.15) is 11.6 Å². The summed E-state index contributed by atoms with van der Waals surface area (Å²) in [6, 6.07) is 7.16. The van der Waals surface area contributed by atoms with Gasteiger partial charge < -0.3 is 10.0 Å². The van der Waals surface area contributed by atoms with E-state index in [4.69, 9.17) is 11.6 Å². The third-order valence-corrected chi connectivity index (χ3v) is 4.16. The first-order chi connectivity index (χ1) is 9.55. The fraction of sp³-hybridized carbons (Fsp3) is 0.467. The maximum absolute atomic E-state index is 11.8. The molecule has 1 atom stereocenters. The van der Waals surface area contributed by atoms with Gasteiger partial charge >= 0.3 is 5.97 Å². The second-order valence-corrected chi connectivity index (χ2v) is 5.55. The van der Waals surface area contributed by atoms with Crippen LogP contribution in [0.4, 0.5) is 5.69 Å². The number of hydrogen-bond acceptors (Lipinski definition) is 3. The zero-order valence-electron chi connectivity index (χ0n) is 11.4. The van der Waals surface area contributed by atoms with Gasteiger partial charge in [0, 0.05) is 11.6 Å². The van der Waals surface area contributed by atoms with Crippen molar-refractivity contribution in [2.24, 2.45) is 0 Å². The highest BCUT2D eigenvalue weighted by molar-refractivity contribution is 6.30. The van der Waals surface area contributed by atoms with Gasteiger partial charge in [0.05, 0.1) is 11.3 Å². The first-order valence-electron chi connectivity index (χ1n) is 6.76. The minimum Gasteiger partial charge on any atom is -0.479 e. The van der Waals surface area contributed by atoms with E-state index in [1.807, 2.05) is 11.8 Å². The molecule has 1 fully saturated rings. The molecule has 4 nitrogen and oxygen atoms in total. The predicted molar refractivity (Wildman–Crippen MR) is 78.0 cm³/mol. The summed E-state index contributed by atoms with van der Waals surface area (Å²) in [5.74, 6) is -0.810. The van der Waals surface area contributed by atoms with Crippen LogP contribution in [0.5, 0.6) is 0 Å². The number of carboxylic acids is 1. The molecular formula is C15H17ClN2O2. The number of benzene rings is 1. The van der Waals surface area contributed by atoms with E-state index in [9.17, 15) is 15.2 Å². The topological polar surface area (TPSA) is 64.3 Å². The van der Waals surface area contributed by atoms with Crippen LogP contribution in [0.25, 0.3) is 0 Å². The van der Waals surface area contributed by atoms with Gasteiger partial charge in [0.15, 0.2) is 0 Å². The van der Waals surface area contributed by atoms with Gasteiger partial charge in [-0.05, 0) is 37.5 Å². The van der Waals surface area contributed by atoms with Crippen LogP contribution in [-0.2, 0) is 4.79 Å². The second kappa shape index (κ2) is 5.72. The molecule has 20 heavy (non-hydrogen) atoms. The molecule has 1 unspecified atom stereocenters. The minimum absolute atomic E-state index is 0.432. The lowest BCUT2D eigenvalue weighted by atomic mass is 9.90. The van der Waals surface area contributed by atoms with Crippen LogP contribution in [0.2, 0.25) is 5.02 Å². The van der Waals surface area contributed by atoms with E-state index in [1.165, 1.54) is 0 Å². The highest BCUT2D eigenvalue weighted by Gasteiger charge is 2.47. The number of hydrogen-bond donors (Lipinski definition) is 1. The highest BCUT2D eigenvalue weighted by atomic mass is 35.5. The van der Waals surface area contributed by atoms with Crippen molar-refractivity contribution in [3.63, 3.8) is 0 Å².